The zero-order chi connectivity index (χ0) is 20.1. The highest BCUT2D eigenvalue weighted by molar-refractivity contribution is 6.32. The summed E-state index contributed by atoms with van der Waals surface area (Å²) in [5, 5.41) is 12.1. The van der Waals surface area contributed by atoms with Crippen LogP contribution in [0, 0.1) is 13.8 Å². The van der Waals surface area contributed by atoms with Gasteiger partial charge in [-0.15, -0.1) is 0 Å². The number of hydrogen-bond donors (Lipinski definition) is 2. The van der Waals surface area contributed by atoms with Crippen LogP contribution in [0.25, 0.3) is 0 Å². The fourth-order valence-corrected chi connectivity index (χ4v) is 3.89. The van der Waals surface area contributed by atoms with Crippen LogP contribution in [0.1, 0.15) is 30.3 Å². The highest BCUT2D eigenvalue weighted by atomic mass is 35.5. The fraction of sp³-hybridized carbons (Fsp3) is 0.550. The van der Waals surface area contributed by atoms with Crippen molar-refractivity contribution in [2.75, 3.05) is 31.1 Å². The van der Waals surface area contributed by atoms with E-state index in [0.29, 0.717) is 11.1 Å². The first-order chi connectivity index (χ1) is 13.5. The predicted octanol–water partition coefficient (Wildman–Crippen LogP) is 2.46. The number of aliphatic imine (C=N–C) groups is 1. The third-order valence-corrected chi connectivity index (χ3v) is 5.50. The van der Waals surface area contributed by atoms with Crippen LogP contribution in [-0.4, -0.2) is 52.9 Å². The van der Waals surface area contributed by atoms with Crippen LogP contribution in [0.4, 0.5) is 5.82 Å². The second-order valence-corrected chi connectivity index (χ2v) is 7.58. The van der Waals surface area contributed by atoms with Gasteiger partial charge >= 0.3 is 0 Å². The second kappa shape index (κ2) is 9.28. The van der Waals surface area contributed by atoms with Crippen molar-refractivity contribution in [1.29, 1.82) is 0 Å². The Kier molecular flexibility index (Phi) is 6.78. The van der Waals surface area contributed by atoms with Gasteiger partial charge in [0, 0.05) is 51.2 Å². The predicted molar refractivity (Wildman–Crippen MR) is 115 cm³/mol. The molecule has 0 radical (unpaired) electrons. The molecule has 152 valence electrons. The van der Waals surface area contributed by atoms with Crippen LogP contribution in [0.2, 0.25) is 5.02 Å². The molecule has 8 heteroatoms. The first-order valence-corrected chi connectivity index (χ1v) is 10.3. The van der Waals surface area contributed by atoms with Crippen LogP contribution in [-0.2, 0) is 13.5 Å². The van der Waals surface area contributed by atoms with Crippen molar-refractivity contribution in [3.05, 3.63) is 40.3 Å². The van der Waals surface area contributed by atoms with Gasteiger partial charge in [0.05, 0.1) is 10.7 Å². The van der Waals surface area contributed by atoms with E-state index in [1.54, 1.807) is 6.20 Å². The van der Waals surface area contributed by atoms with Crippen molar-refractivity contribution in [3.63, 3.8) is 0 Å². The van der Waals surface area contributed by atoms with E-state index in [4.69, 9.17) is 16.6 Å². The molecule has 2 N–H and O–H groups in total. The number of aromatic nitrogens is 3. The minimum atomic E-state index is 0.317. The van der Waals surface area contributed by atoms with E-state index in [9.17, 15) is 0 Å². The largest absolute Gasteiger partial charge is 0.357 e. The smallest absolute Gasteiger partial charge is 0.191 e. The minimum absolute atomic E-state index is 0.317. The van der Waals surface area contributed by atoms with Crippen molar-refractivity contribution in [1.82, 2.24) is 25.4 Å². The molecule has 1 aliphatic rings. The third-order valence-electron chi connectivity index (χ3n) is 5.20. The van der Waals surface area contributed by atoms with E-state index >= 15 is 0 Å². The maximum Gasteiger partial charge on any atom is 0.191 e. The molecule has 0 amide bonds. The van der Waals surface area contributed by atoms with Gasteiger partial charge in [0.15, 0.2) is 5.96 Å². The van der Waals surface area contributed by atoms with E-state index < -0.39 is 0 Å². The molecule has 0 spiro atoms. The Morgan fingerprint density at radius 3 is 2.89 bits per heavy atom. The average Bonchev–Trinajstić information content (AvgIpc) is 3.22. The lowest BCUT2D eigenvalue weighted by Crippen LogP contribution is -2.44. The van der Waals surface area contributed by atoms with Crippen LogP contribution in [0.3, 0.4) is 0 Å². The summed E-state index contributed by atoms with van der Waals surface area (Å²) in [6, 6.07) is 4.07. The van der Waals surface area contributed by atoms with Gasteiger partial charge in [-0.25, -0.2) is 4.98 Å². The van der Waals surface area contributed by atoms with Crippen molar-refractivity contribution < 1.29 is 0 Å². The molecule has 1 fully saturated rings. The first-order valence-electron chi connectivity index (χ1n) is 9.89. The molecule has 0 aromatic carbocycles. The summed E-state index contributed by atoms with van der Waals surface area (Å²) < 4.78 is 1.94. The number of aryl methyl sites for hydroxylation is 2. The summed E-state index contributed by atoms with van der Waals surface area (Å²) in [5.41, 5.74) is 3.59. The summed E-state index contributed by atoms with van der Waals surface area (Å²) in [6.07, 6.45) is 3.70. The number of anilines is 1. The highest BCUT2D eigenvalue weighted by Gasteiger charge is 2.25. The Morgan fingerprint density at radius 2 is 2.21 bits per heavy atom. The summed E-state index contributed by atoms with van der Waals surface area (Å²) in [6.45, 7) is 9.61. The van der Waals surface area contributed by atoms with Crippen LogP contribution < -0.4 is 15.5 Å². The summed E-state index contributed by atoms with van der Waals surface area (Å²) >= 11 is 6.29. The normalized spacial score (nSPS) is 17.2. The minimum Gasteiger partial charge on any atom is -0.357 e. The lowest BCUT2D eigenvalue weighted by atomic mass is 10.1. The molecule has 0 saturated carbocycles. The molecule has 1 unspecified atom stereocenters. The van der Waals surface area contributed by atoms with Gasteiger partial charge in [0.2, 0.25) is 0 Å². The molecule has 3 heterocycles. The van der Waals surface area contributed by atoms with Gasteiger partial charge in [-0.2, -0.15) is 5.10 Å². The number of pyridine rings is 1. The topological polar surface area (TPSA) is 70.4 Å². The van der Waals surface area contributed by atoms with E-state index in [1.807, 2.05) is 23.9 Å². The molecule has 2 aromatic heterocycles. The Balaban J connectivity index is 1.58. The molecule has 28 heavy (non-hydrogen) atoms. The van der Waals surface area contributed by atoms with Gasteiger partial charge in [-0.05, 0) is 51.3 Å². The Bertz CT molecular complexity index is 830. The first kappa shape index (κ1) is 20.5. The second-order valence-electron chi connectivity index (χ2n) is 7.17. The molecule has 1 saturated heterocycles. The molecule has 0 aliphatic carbocycles. The SMILES string of the molecule is CCNC(=NCCc1c(C)nn(C)c1C)NC1CCN(c2ncccc2Cl)C1. The molecular weight excluding hydrogens is 374 g/mol. The van der Waals surface area contributed by atoms with Gasteiger partial charge < -0.3 is 15.5 Å². The number of rotatable bonds is 6. The van der Waals surface area contributed by atoms with E-state index in [0.717, 1.165) is 56.5 Å². The number of guanidine groups is 1. The Labute approximate surface area is 172 Å². The number of nitrogens with one attached hydrogen (secondary N) is 2. The number of hydrogen-bond acceptors (Lipinski definition) is 4. The number of nitrogens with zero attached hydrogens (tertiary/aromatic N) is 5. The quantitative estimate of drug-likeness (QED) is 0.572. The lowest BCUT2D eigenvalue weighted by molar-refractivity contribution is 0.648. The van der Waals surface area contributed by atoms with Gasteiger partial charge in [-0.1, -0.05) is 11.6 Å². The zero-order valence-corrected chi connectivity index (χ0v) is 17.9. The lowest BCUT2D eigenvalue weighted by Gasteiger charge is -2.20. The summed E-state index contributed by atoms with van der Waals surface area (Å²) in [4.78, 5) is 11.4. The van der Waals surface area contributed by atoms with Gasteiger partial charge in [-0.3, -0.25) is 9.67 Å². The monoisotopic (exact) mass is 403 g/mol. The van der Waals surface area contributed by atoms with Crippen molar-refractivity contribution in [2.45, 2.75) is 39.7 Å². The molecule has 2 aromatic rings. The maximum absolute atomic E-state index is 6.29. The molecule has 1 atom stereocenters. The highest BCUT2D eigenvalue weighted by Crippen LogP contribution is 2.25. The molecular formula is C20H30ClN7. The molecule has 0 bridgehead atoms. The van der Waals surface area contributed by atoms with Crippen LogP contribution in [0.5, 0.6) is 0 Å². The number of halogens is 1. The van der Waals surface area contributed by atoms with E-state index in [-0.39, 0.29) is 0 Å². The maximum atomic E-state index is 6.29. The third kappa shape index (κ3) is 4.76. The van der Waals surface area contributed by atoms with Gasteiger partial charge in [0.1, 0.15) is 5.82 Å². The average molecular weight is 404 g/mol. The van der Waals surface area contributed by atoms with E-state index in [1.165, 1.54) is 11.3 Å². The Morgan fingerprint density at radius 1 is 1.39 bits per heavy atom. The zero-order valence-electron chi connectivity index (χ0n) is 17.2. The standard InChI is InChI=1S/C20H30ClN7/c1-5-22-20(24-11-8-17-14(2)26-27(4)15(17)3)25-16-9-12-28(13-16)19-18(21)7-6-10-23-19/h6-7,10,16H,5,8-9,11-13H2,1-4H3,(H2,22,24,25). The van der Waals surface area contributed by atoms with Crippen molar-refractivity contribution in [2.24, 2.45) is 12.0 Å². The fourth-order valence-electron chi connectivity index (χ4n) is 3.65. The van der Waals surface area contributed by atoms with Crippen molar-refractivity contribution >= 4 is 23.4 Å². The van der Waals surface area contributed by atoms with Crippen LogP contribution >= 0.6 is 11.6 Å². The molecule has 7 nitrogen and oxygen atoms in total. The Hall–Kier alpha value is -2.28. The van der Waals surface area contributed by atoms with Gasteiger partial charge in [0.25, 0.3) is 0 Å². The van der Waals surface area contributed by atoms with Crippen LogP contribution in [0.15, 0.2) is 23.3 Å². The summed E-state index contributed by atoms with van der Waals surface area (Å²) in [5.74, 6) is 1.72. The summed E-state index contributed by atoms with van der Waals surface area (Å²) in [7, 11) is 1.99. The van der Waals surface area contributed by atoms with E-state index in [2.05, 4.69) is 46.4 Å². The molecule has 3 rings (SSSR count). The van der Waals surface area contributed by atoms with Crippen molar-refractivity contribution in [3.8, 4) is 0 Å². The molecule has 1 aliphatic heterocycles.